The minimum atomic E-state index is 0.0340. The predicted molar refractivity (Wildman–Crippen MR) is 255 cm³/mol. The SMILES string of the molecule is c1ccc(-c2cccc(-c3ccccc3)c2Nc2ccccc2Nc2cccc(Oc3ccc4c(c3)N(c3nc5ccccc5n3-c3ccccc3)c3ccncc3[Se]4)c2)cc1. The molecular formula is C54H38N6OSe. The van der Waals surface area contributed by atoms with Crippen molar-refractivity contribution in [2.75, 3.05) is 15.5 Å². The fourth-order valence-electron chi connectivity index (χ4n) is 8.08. The van der Waals surface area contributed by atoms with E-state index in [0.29, 0.717) is 0 Å². The molecule has 8 heteroatoms. The van der Waals surface area contributed by atoms with Crippen molar-refractivity contribution in [1.82, 2.24) is 14.5 Å². The van der Waals surface area contributed by atoms with Crippen molar-refractivity contribution in [3.05, 3.63) is 219 Å². The fraction of sp³-hybridized carbons (Fsp3) is 0. The maximum absolute atomic E-state index is 6.71. The van der Waals surface area contributed by atoms with Crippen LogP contribution in [0.4, 0.5) is 40.1 Å². The van der Waals surface area contributed by atoms with Gasteiger partial charge < -0.3 is 0 Å². The average molecular weight is 866 g/mol. The smallest absolute Gasteiger partial charge is 0.0543 e. The van der Waals surface area contributed by atoms with Gasteiger partial charge in [-0.15, -0.1) is 0 Å². The fourth-order valence-corrected chi connectivity index (χ4v) is 10.2. The standard InChI is InChI=1S/C54H38N6OSe/c1-4-16-37(17-5-1)43-24-15-25-44(38-18-6-2-7-19-38)53(43)57-46-27-11-10-26-45(46)56-39-20-14-23-41(34-39)61-42-30-31-51-50(35-42)60(49-32-33-55-36-52(49)62-51)54-58-47-28-12-13-29-48(47)59(54)40-21-8-3-9-22-40/h1-36,56-57H. The molecule has 0 unspecified atom stereocenters. The van der Waals surface area contributed by atoms with E-state index in [9.17, 15) is 0 Å². The Morgan fingerprint density at radius 2 is 1.15 bits per heavy atom. The summed E-state index contributed by atoms with van der Waals surface area (Å²) in [5.74, 6) is 2.25. The number of aromatic nitrogens is 3. The molecule has 0 saturated heterocycles. The molecule has 0 radical (unpaired) electrons. The molecule has 0 bridgehead atoms. The molecule has 1 aliphatic rings. The molecule has 1 aliphatic heterocycles. The second-order valence-electron chi connectivity index (χ2n) is 14.9. The van der Waals surface area contributed by atoms with Crippen molar-refractivity contribution in [2.24, 2.45) is 0 Å². The summed E-state index contributed by atoms with van der Waals surface area (Å²) in [7, 11) is 0. The number of ether oxygens (including phenoxy) is 1. The maximum atomic E-state index is 6.71. The van der Waals surface area contributed by atoms with Crippen LogP contribution in [0.5, 0.6) is 11.5 Å². The van der Waals surface area contributed by atoms with Gasteiger partial charge in [-0.2, -0.15) is 0 Å². The zero-order valence-corrected chi connectivity index (χ0v) is 35.1. The monoisotopic (exact) mass is 866 g/mol. The third-order valence-corrected chi connectivity index (χ3v) is 13.2. The van der Waals surface area contributed by atoms with Gasteiger partial charge in [-0.25, -0.2) is 0 Å². The zero-order valence-electron chi connectivity index (χ0n) is 33.4. The van der Waals surface area contributed by atoms with Gasteiger partial charge in [0, 0.05) is 11.1 Å². The van der Waals surface area contributed by atoms with Crippen LogP contribution in [0.15, 0.2) is 219 Å². The topological polar surface area (TPSA) is 67.2 Å². The first kappa shape index (κ1) is 37.1. The van der Waals surface area contributed by atoms with E-state index in [2.05, 4.69) is 201 Å². The molecule has 7 nitrogen and oxygen atoms in total. The van der Waals surface area contributed by atoms with Crippen molar-refractivity contribution >= 4 is 75.0 Å². The van der Waals surface area contributed by atoms with Crippen LogP contribution in [-0.4, -0.2) is 29.5 Å². The van der Waals surface area contributed by atoms with Gasteiger partial charge in [-0.1, -0.05) is 84.9 Å². The van der Waals surface area contributed by atoms with Gasteiger partial charge in [0.25, 0.3) is 0 Å². The molecule has 0 spiro atoms. The molecule has 0 aliphatic carbocycles. The van der Waals surface area contributed by atoms with Crippen molar-refractivity contribution in [3.63, 3.8) is 0 Å². The van der Waals surface area contributed by atoms with E-state index in [0.717, 1.165) is 90.5 Å². The van der Waals surface area contributed by atoms with Gasteiger partial charge in [0.15, 0.2) is 0 Å². The number of pyridine rings is 1. The third kappa shape index (κ3) is 7.13. The first-order valence-corrected chi connectivity index (χ1v) is 22.2. The first-order valence-electron chi connectivity index (χ1n) is 20.5. The average Bonchev–Trinajstić information content (AvgIpc) is 3.71. The van der Waals surface area contributed by atoms with Crippen molar-refractivity contribution in [3.8, 4) is 39.4 Å². The molecule has 0 saturated carbocycles. The Hall–Kier alpha value is -7.90. The summed E-state index contributed by atoms with van der Waals surface area (Å²) >= 11 is 0.0340. The Bertz CT molecular complexity index is 3150. The summed E-state index contributed by atoms with van der Waals surface area (Å²) in [4.78, 5) is 12.1. The quantitative estimate of drug-likeness (QED) is 0.134. The maximum Gasteiger partial charge on any atom is -0.0543 e. The number of para-hydroxylation sites is 6. The number of nitrogens with one attached hydrogen (secondary N) is 2. The number of fused-ring (bicyclic) bond motifs is 3. The molecule has 8 aromatic carbocycles. The summed E-state index contributed by atoms with van der Waals surface area (Å²) in [6, 6.07) is 71.2. The summed E-state index contributed by atoms with van der Waals surface area (Å²) in [6.45, 7) is 0. The molecule has 3 heterocycles. The number of nitrogens with zero attached hydrogens (tertiary/aromatic N) is 4. The molecule has 296 valence electrons. The van der Waals surface area contributed by atoms with E-state index in [1.165, 1.54) is 8.92 Å². The van der Waals surface area contributed by atoms with Gasteiger partial charge in [0.05, 0.1) is 5.69 Å². The van der Waals surface area contributed by atoms with Crippen molar-refractivity contribution < 1.29 is 4.74 Å². The minimum Gasteiger partial charge on any atom is -0.0616 e. The summed E-state index contributed by atoms with van der Waals surface area (Å²) in [6.07, 6.45) is 3.85. The number of hydrogen-bond donors (Lipinski definition) is 2. The first-order chi connectivity index (χ1) is 30.7. The van der Waals surface area contributed by atoms with Gasteiger partial charge in [0.1, 0.15) is 0 Å². The van der Waals surface area contributed by atoms with Crippen LogP contribution in [0.25, 0.3) is 39.0 Å². The molecule has 2 N–H and O–H groups in total. The van der Waals surface area contributed by atoms with Crippen molar-refractivity contribution in [2.45, 2.75) is 0 Å². The zero-order chi connectivity index (χ0) is 41.2. The molecular weight excluding hydrogens is 828 g/mol. The van der Waals surface area contributed by atoms with Crippen LogP contribution < -0.4 is 29.2 Å². The van der Waals surface area contributed by atoms with Gasteiger partial charge in [0.2, 0.25) is 0 Å². The van der Waals surface area contributed by atoms with E-state index in [-0.39, 0.29) is 15.0 Å². The molecule has 62 heavy (non-hydrogen) atoms. The second-order valence-corrected chi connectivity index (χ2v) is 17.1. The molecule has 0 atom stereocenters. The van der Waals surface area contributed by atoms with Crippen LogP contribution in [0, 0.1) is 0 Å². The van der Waals surface area contributed by atoms with E-state index in [4.69, 9.17) is 9.72 Å². The van der Waals surface area contributed by atoms with Crippen LogP contribution in [0.3, 0.4) is 0 Å². The van der Waals surface area contributed by atoms with E-state index in [1.807, 2.05) is 42.7 Å². The Kier molecular flexibility index (Phi) is 9.75. The normalized spacial score (nSPS) is 11.8. The van der Waals surface area contributed by atoms with Gasteiger partial charge in [-0.05, 0) is 11.1 Å². The summed E-state index contributed by atoms with van der Waals surface area (Å²) < 4.78 is 11.4. The van der Waals surface area contributed by atoms with Gasteiger partial charge >= 0.3 is 255 Å². The molecule has 11 rings (SSSR count). The minimum absolute atomic E-state index is 0.0340. The van der Waals surface area contributed by atoms with E-state index in [1.54, 1.807) is 0 Å². The Morgan fingerprint density at radius 1 is 0.500 bits per heavy atom. The molecule has 0 amide bonds. The van der Waals surface area contributed by atoms with Crippen LogP contribution in [-0.2, 0) is 0 Å². The Balaban J connectivity index is 0.924. The number of rotatable bonds is 10. The molecule has 0 fully saturated rings. The van der Waals surface area contributed by atoms with Crippen LogP contribution in [0.1, 0.15) is 0 Å². The third-order valence-electron chi connectivity index (χ3n) is 10.9. The summed E-state index contributed by atoms with van der Waals surface area (Å²) in [5.41, 5.74) is 13.5. The largest absolute Gasteiger partial charge is 0.0616 e. The second kappa shape index (κ2) is 16.3. The Labute approximate surface area is 366 Å². The predicted octanol–water partition coefficient (Wildman–Crippen LogP) is 12.5. The van der Waals surface area contributed by atoms with Gasteiger partial charge in [-0.3, -0.25) is 0 Å². The summed E-state index contributed by atoms with van der Waals surface area (Å²) in [5, 5.41) is 7.55. The van der Waals surface area contributed by atoms with Crippen molar-refractivity contribution in [1.29, 1.82) is 0 Å². The number of anilines is 7. The number of benzene rings is 8. The Morgan fingerprint density at radius 3 is 1.90 bits per heavy atom. The van der Waals surface area contributed by atoms with Crippen LogP contribution in [0.2, 0.25) is 0 Å². The van der Waals surface area contributed by atoms with E-state index >= 15 is 0 Å². The van der Waals surface area contributed by atoms with Crippen LogP contribution >= 0.6 is 0 Å². The molecule has 10 aromatic rings. The number of hydrogen-bond acceptors (Lipinski definition) is 6. The van der Waals surface area contributed by atoms with E-state index < -0.39 is 0 Å². The number of imidazole rings is 1. The molecule has 2 aromatic heterocycles.